The minimum absolute atomic E-state index is 0.154. The first-order chi connectivity index (χ1) is 15.4. The Kier molecular flexibility index (Phi) is 5.60. The van der Waals surface area contributed by atoms with Crippen molar-refractivity contribution in [3.63, 3.8) is 0 Å². The fraction of sp³-hybridized carbons (Fsp3) is 0.409. The number of nitrogens with one attached hydrogen (secondary N) is 1. The number of hydrogen-bond donors (Lipinski definition) is 1. The summed E-state index contributed by atoms with van der Waals surface area (Å²) in [5.41, 5.74) is 0.710. The number of hydrogen-bond acceptors (Lipinski definition) is 7. The number of piperidine rings is 1. The molecule has 32 heavy (non-hydrogen) atoms. The third-order valence-electron chi connectivity index (χ3n) is 5.88. The zero-order valence-corrected chi connectivity index (χ0v) is 19.3. The Morgan fingerprint density at radius 3 is 2.75 bits per heavy atom. The number of carbonyl (C=O) groups excluding carboxylic acids is 1. The third kappa shape index (κ3) is 4.22. The smallest absolute Gasteiger partial charge is 0.244 e. The van der Waals surface area contributed by atoms with Crippen molar-refractivity contribution in [2.45, 2.75) is 43.4 Å². The van der Waals surface area contributed by atoms with Gasteiger partial charge in [0.2, 0.25) is 27.6 Å². The normalized spacial score (nSPS) is 19.7. The Labute approximate surface area is 190 Å². The number of amides is 1. The molecular weight excluding hydrogens is 448 g/mol. The largest absolute Gasteiger partial charge is 0.339 e. The molecule has 1 amide bonds. The van der Waals surface area contributed by atoms with Gasteiger partial charge in [0.25, 0.3) is 0 Å². The number of aromatic nitrogens is 2. The van der Waals surface area contributed by atoms with E-state index in [0.717, 1.165) is 12.8 Å². The first kappa shape index (κ1) is 21.3. The summed E-state index contributed by atoms with van der Waals surface area (Å²) < 4.78 is 33.6. The molecular formula is C22H24N4O4S2. The van der Waals surface area contributed by atoms with E-state index in [2.05, 4.69) is 15.5 Å². The van der Waals surface area contributed by atoms with Crippen LogP contribution in [0.25, 0.3) is 10.7 Å². The number of carbonyl (C=O) groups is 1. The van der Waals surface area contributed by atoms with E-state index >= 15 is 0 Å². The molecule has 168 valence electrons. The summed E-state index contributed by atoms with van der Waals surface area (Å²) in [5, 5.41) is 6.93. The summed E-state index contributed by atoms with van der Waals surface area (Å²) in [5.74, 6) is 0.848. The molecule has 5 rings (SSSR count). The summed E-state index contributed by atoms with van der Waals surface area (Å²) in [6.07, 6.45) is 3.40. The van der Waals surface area contributed by atoms with Gasteiger partial charge in [0.05, 0.1) is 15.7 Å². The molecule has 0 bridgehead atoms. The van der Waals surface area contributed by atoms with E-state index in [1.807, 2.05) is 30.3 Å². The van der Waals surface area contributed by atoms with Crippen LogP contribution >= 0.6 is 11.3 Å². The van der Waals surface area contributed by atoms with E-state index < -0.39 is 15.9 Å². The molecule has 1 N–H and O–H groups in total. The van der Waals surface area contributed by atoms with Crippen LogP contribution in [0, 0.1) is 12.8 Å². The topological polar surface area (TPSA) is 105 Å². The molecule has 3 aromatic rings. The molecule has 2 aromatic heterocycles. The third-order valence-corrected chi connectivity index (χ3v) is 9.04. The molecule has 2 aliphatic rings. The van der Waals surface area contributed by atoms with Gasteiger partial charge in [-0.3, -0.25) is 4.79 Å². The molecule has 0 unspecified atom stereocenters. The second kappa shape index (κ2) is 8.42. The van der Waals surface area contributed by atoms with E-state index in [1.165, 1.54) is 15.6 Å². The highest BCUT2D eigenvalue weighted by molar-refractivity contribution is 7.89. The number of anilines is 1. The lowest BCUT2D eigenvalue weighted by atomic mass is 9.99. The number of benzene rings is 1. The van der Waals surface area contributed by atoms with E-state index in [1.54, 1.807) is 13.0 Å². The van der Waals surface area contributed by atoms with Crippen molar-refractivity contribution >= 4 is 33.0 Å². The van der Waals surface area contributed by atoms with Crippen LogP contribution < -0.4 is 5.32 Å². The van der Waals surface area contributed by atoms with Crippen molar-refractivity contribution in [2.24, 2.45) is 5.92 Å². The number of rotatable bonds is 6. The molecule has 1 atom stereocenters. The molecule has 1 saturated heterocycles. The predicted octanol–water partition coefficient (Wildman–Crippen LogP) is 4.02. The number of para-hydroxylation sites is 1. The molecule has 0 radical (unpaired) electrons. The molecule has 10 heteroatoms. The lowest BCUT2D eigenvalue weighted by molar-refractivity contribution is -0.120. The molecule has 2 fully saturated rings. The maximum absolute atomic E-state index is 13.4. The molecule has 1 aromatic carbocycles. The van der Waals surface area contributed by atoms with Gasteiger partial charge in [-0.15, -0.1) is 11.3 Å². The molecule has 1 aliphatic heterocycles. The van der Waals surface area contributed by atoms with Crippen LogP contribution in [0.1, 0.15) is 42.4 Å². The minimum atomic E-state index is -3.74. The average Bonchev–Trinajstić information content (AvgIpc) is 3.39. The van der Waals surface area contributed by atoms with Gasteiger partial charge < -0.3 is 9.84 Å². The summed E-state index contributed by atoms with van der Waals surface area (Å²) in [7, 11) is -3.74. The molecule has 0 spiro atoms. The van der Waals surface area contributed by atoms with Crippen molar-refractivity contribution in [1.82, 2.24) is 14.4 Å². The second-order valence-electron chi connectivity index (χ2n) is 8.32. The lowest BCUT2D eigenvalue weighted by Gasteiger charge is -2.31. The van der Waals surface area contributed by atoms with Crippen molar-refractivity contribution in [2.75, 3.05) is 18.4 Å². The van der Waals surface area contributed by atoms with Crippen molar-refractivity contribution < 1.29 is 17.7 Å². The fourth-order valence-electron chi connectivity index (χ4n) is 3.94. The Balaban J connectivity index is 1.33. The average molecular weight is 473 g/mol. The highest BCUT2D eigenvalue weighted by Crippen LogP contribution is 2.41. The van der Waals surface area contributed by atoms with Gasteiger partial charge in [0.1, 0.15) is 0 Å². The summed E-state index contributed by atoms with van der Waals surface area (Å²) in [6, 6.07) is 10.8. The Hall–Kier alpha value is -2.56. The van der Waals surface area contributed by atoms with Crippen molar-refractivity contribution in [3.05, 3.63) is 47.2 Å². The fourth-order valence-corrected chi connectivity index (χ4v) is 6.95. The van der Waals surface area contributed by atoms with Crippen LogP contribution in [0.5, 0.6) is 0 Å². The van der Waals surface area contributed by atoms with Crippen LogP contribution in [-0.2, 0) is 14.8 Å². The van der Waals surface area contributed by atoms with Gasteiger partial charge in [-0.25, -0.2) is 8.42 Å². The van der Waals surface area contributed by atoms with E-state index in [0.29, 0.717) is 52.5 Å². The SMILES string of the molecule is Cc1sc(-c2noc(C3CC3)n2)cc1S(=O)(=O)N1CCC[C@@H](C(=O)Nc2ccccc2)C1. The molecule has 3 heterocycles. The number of thiophene rings is 1. The number of nitrogens with zero attached hydrogens (tertiary/aromatic N) is 3. The predicted molar refractivity (Wildman–Crippen MR) is 121 cm³/mol. The van der Waals surface area contributed by atoms with Gasteiger partial charge in [0, 0.05) is 29.6 Å². The van der Waals surface area contributed by atoms with Gasteiger partial charge in [0.15, 0.2) is 0 Å². The number of sulfonamides is 1. The number of aryl methyl sites for hydroxylation is 1. The summed E-state index contributed by atoms with van der Waals surface area (Å²) >= 11 is 1.34. The lowest BCUT2D eigenvalue weighted by Crippen LogP contribution is -2.43. The van der Waals surface area contributed by atoms with E-state index in [9.17, 15) is 13.2 Å². The van der Waals surface area contributed by atoms with Crippen LogP contribution in [0.15, 0.2) is 45.8 Å². The van der Waals surface area contributed by atoms with Gasteiger partial charge in [-0.05, 0) is 50.8 Å². The Morgan fingerprint density at radius 1 is 1.22 bits per heavy atom. The van der Waals surface area contributed by atoms with E-state index in [-0.39, 0.29) is 17.3 Å². The Morgan fingerprint density at radius 2 is 2.00 bits per heavy atom. The first-order valence-electron chi connectivity index (χ1n) is 10.7. The zero-order valence-electron chi connectivity index (χ0n) is 17.7. The van der Waals surface area contributed by atoms with Crippen molar-refractivity contribution in [1.29, 1.82) is 0 Å². The highest BCUT2D eigenvalue weighted by Gasteiger charge is 2.35. The first-order valence-corrected chi connectivity index (χ1v) is 13.0. The van der Waals surface area contributed by atoms with Gasteiger partial charge >= 0.3 is 0 Å². The van der Waals surface area contributed by atoms with Crippen LogP contribution in [-0.4, -0.2) is 41.9 Å². The van der Waals surface area contributed by atoms with Gasteiger partial charge in [-0.1, -0.05) is 23.4 Å². The molecule has 1 aliphatic carbocycles. The molecule has 1 saturated carbocycles. The maximum Gasteiger partial charge on any atom is 0.244 e. The van der Waals surface area contributed by atoms with Crippen LogP contribution in [0.2, 0.25) is 0 Å². The van der Waals surface area contributed by atoms with Crippen LogP contribution in [0.4, 0.5) is 5.69 Å². The Bertz CT molecular complexity index is 1230. The zero-order chi connectivity index (χ0) is 22.3. The standard InChI is InChI=1S/C22H24N4O4S2/c1-14-19(12-18(31-14)20-24-22(30-25-20)15-9-10-15)32(28,29)26-11-5-6-16(13-26)21(27)23-17-7-3-2-4-8-17/h2-4,7-8,12,15-16H,5-6,9-11,13H2,1H3,(H,23,27)/t16-/m1/s1. The van der Waals surface area contributed by atoms with Gasteiger partial charge in [-0.2, -0.15) is 9.29 Å². The minimum Gasteiger partial charge on any atom is -0.339 e. The van der Waals surface area contributed by atoms with Crippen molar-refractivity contribution in [3.8, 4) is 10.7 Å². The van der Waals surface area contributed by atoms with E-state index in [4.69, 9.17) is 4.52 Å². The highest BCUT2D eigenvalue weighted by atomic mass is 32.2. The maximum atomic E-state index is 13.4. The quantitative estimate of drug-likeness (QED) is 0.581. The molecule has 8 nitrogen and oxygen atoms in total. The monoisotopic (exact) mass is 472 g/mol. The summed E-state index contributed by atoms with van der Waals surface area (Å²) in [6.45, 7) is 2.35. The van der Waals surface area contributed by atoms with Crippen LogP contribution in [0.3, 0.4) is 0 Å². The summed E-state index contributed by atoms with van der Waals surface area (Å²) in [4.78, 5) is 18.8. The second-order valence-corrected chi connectivity index (χ2v) is 11.5.